The molecule has 1 aromatic rings. The number of sulfonamides is 1. The fourth-order valence-corrected chi connectivity index (χ4v) is 4.16. The van der Waals surface area contributed by atoms with Crippen molar-refractivity contribution in [1.29, 1.82) is 0 Å². The number of thiazole rings is 1. The number of aromatic nitrogens is 1. The van der Waals surface area contributed by atoms with Crippen molar-refractivity contribution in [3.8, 4) is 0 Å². The highest BCUT2D eigenvalue weighted by Crippen LogP contribution is 2.32. The van der Waals surface area contributed by atoms with Crippen molar-refractivity contribution in [1.82, 2.24) is 4.98 Å². The van der Waals surface area contributed by atoms with Gasteiger partial charge in [-0.1, -0.05) is 13.8 Å². The van der Waals surface area contributed by atoms with Gasteiger partial charge in [0.15, 0.2) is 5.13 Å². The lowest BCUT2D eigenvalue weighted by atomic mass is 9.91. The summed E-state index contributed by atoms with van der Waals surface area (Å²) in [6.07, 6.45) is 3.06. The summed E-state index contributed by atoms with van der Waals surface area (Å²) in [5.41, 5.74) is 6.54. The van der Waals surface area contributed by atoms with Crippen molar-refractivity contribution in [3.63, 3.8) is 0 Å². The van der Waals surface area contributed by atoms with Gasteiger partial charge in [-0.25, -0.2) is 13.4 Å². The Morgan fingerprint density at radius 1 is 1.50 bits per heavy atom. The third-order valence-electron chi connectivity index (χ3n) is 3.47. The summed E-state index contributed by atoms with van der Waals surface area (Å²) < 4.78 is 26.1. The molecule has 5 nitrogen and oxygen atoms in total. The van der Waals surface area contributed by atoms with Crippen molar-refractivity contribution < 1.29 is 8.42 Å². The van der Waals surface area contributed by atoms with Crippen molar-refractivity contribution >= 4 is 26.5 Å². The van der Waals surface area contributed by atoms with Crippen LogP contribution in [0, 0.1) is 0 Å². The molecule has 1 saturated carbocycles. The van der Waals surface area contributed by atoms with Gasteiger partial charge < -0.3 is 5.73 Å². The summed E-state index contributed by atoms with van der Waals surface area (Å²) in [7, 11) is -3.23. The lowest BCUT2D eigenvalue weighted by Gasteiger charge is -2.24. The molecule has 2 rings (SSSR count). The van der Waals surface area contributed by atoms with E-state index in [4.69, 9.17) is 5.73 Å². The van der Waals surface area contributed by atoms with Crippen LogP contribution in [-0.2, 0) is 15.6 Å². The van der Waals surface area contributed by atoms with E-state index in [0.29, 0.717) is 5.13 Å². The molecular formula is C11H19N3O2S2. The van der Waals surface area contributed by atoms with E-state index in [2.05, 4.69) is 9.71 Å². The van der Waals surface area contributed by atoms with Gasteiger partial charge in [0.1, 0.15) is 0 Å². The first-order valence-corrected chi connectivity index (χ1v) is 8.60. The summed E-state index contributed by atoms with van der Waals surface area (Å²) in [6, 6.07) is 0. The number of anilines is 1. The minimum Gasteiger partial charge on any atom is -0.320 e. The molecule has 0 amide bonds. The summed E-state index contributed by atoms with van der Waals surface area (Å²) in [6.45, 7) is 4.02. The molecule has 1 aromatic heterocycles. The Hall–Kier alpha value is -0.660. The molecule has 0 atom stereocenters. The van der Waals surface area contributed by atoms with Gasteiger partial charge in [0, 0.05) is 5.38 Å². The predicted molar refractivity (Wildman–Crippen MR) is 74.1 cm³/mol. The van der Waals surface area contributed by atoms with Crippen LogP contribution in [0.4, 0.5) is 5.13 Å². The Morgan fingerprint density at radius 2 is 2.11 bits per heavy atom. The summed E-state index contributed by atoms with van der Waals surface area (Å²) in [5, 5.41) is 2.04. The average molecular weight is 289 g/mol. The number of rotatable bonds is 6. The Morgan fingerprint density at radius 3 is 2.61 bits per heavy atom. The predicted octanol–water partition coefficient (Wildman–Crippen LogP) is 2.02. The molecule has 102 valence electrons. The van der Waals surface area contributed by atoms with Gasteiger partial charge >= 0.3 is 0 Å². The SMILES string of the molecule is CCC(N)(CC)c1csc(NS(=O)(=O)C2CC2)n1. The maximum absolute atomic E-state index is 11.8. The fourth-order valence-electron chi connectivity index (χ4n) is 1.74. The monoisotopic (exact) mass is 289 g/mol. The molecule has 7 heteroatoms. The van der Waals surface area contributed by atoms with E-state index in [1.807, 2.05) is 19.2 Å². The summed E-state index contributed by atoms with van der Waals surface area (Å²) in [5.74, 6) is 0. The second kappa shape index (κ2) is 4.79. The zero-order valence-electron chi connectivity index (χ0n) is 10.6. The van der Waals surface area contributed by atoms with E-state index in [-0.39, 0.29) is 5.25 Å². The van der Waals surface area contributed by atoms with Crippen LogP contribution in [0.5, 0.6) is 0 Å². The second-order valence-corrected chi connectivity index (χ2v) is 7.57. The van der Waals surface area contributed by atoms with Crippen LogP contribution >= 0.6 is 11.3 Å². The van der Waals surface area contributed by atoms with Crippen LogP contribution in [0.2, 0.25) is 0 Å². The van der Waals surface area contributed by atoms with Gasteiger partial charge in [0.05, 0.1) is 16.5 Å². The van der Waals surface area contributed by atoms with Crippen LogP contribution in [0.1, 0.15) is 45.2 Å². The molecule has 0 unspecified atom stereocenters. The number of nitrogens with zero attached hydrogens (tertiary/aromatic N) is 1. The van der Waals surface area contributed by atoms with Gasteiger partial charge in [-0.05, 0) is 25.7 Å². The van der Waals surface area contributed by atoms with E-state index >= 15 is 0 Å². The molecular weight excluding hydrogens is 270 g/mol. The van der Waals surface area contributed by atoms with Crippen LogP contribution in [0.3, 0.4) is 0 Å². The zero-order chi connectivity index (χ0) is 13.4. The van der Waals surface area contributed by atoms with Crippen molar-refractivity contribution in [2.45, 2.75) is 50.3 Å². The van der Waals surface area contributed by atoms with Crippen molar-refractivity contribution in [3.05, 3.63) is 11.1 Å². The highest BCUT2D eigenvalue weighted by molar-refractivity contribution is 7.93. The summed E-state index contributed by atoms with van der Waals surface area (Å²) >= 11 is 1.30. The third-order valence-corrected chi connectivity index (χ3v) is 6.18. The highest BCUT2D eigenvalue weighted by Gasteiger charge is 2.36. The molecule has 0 aromatic carbocycles. The normalized spacial score (nSPS) is 16.8. The Balaban J connectivity index is 2.15. The summed E-state index contributed by atoms with van der Waals surface area (Å²) in [4.78, 5) is 4.32. The van der Waals surface area contributed by atoms with Gasteiger partial charge in [-0.15, -0.1) is 11.3 Å². The van der Waals surface area contributed by atoms with E-state index < -0.39 is 15.6 Å². The van der Waals surface area contributed by atoms with E-state index in [0.717, 1.165) is 31.4 Å². The lowest BCUT2D eigenvalue weighted by Crippen LogP contribution is -2.35. The van der Waals surface area contributed by atoms with Gasteiger partial charge in [-0.2, -0.15) is 0 Å². The van der Waals surface area contributed by atoms with E-state index in [1.54, 1.807) is 0 Å². The molecule has 0 radical (unpaired) electrons. The van der Waals surface area contributed by atoms with E-state index in [9.17, 15) is 8.42 Å². The third kappa shape index (κ3) is 2.67. The molecule has 18 heavy (non-hydrogen) atoms. The van der Waals surface area contributed by atoms with Crippen LogP contribution in [0.15, 0.2) is 5.38 Å². The van der Waals surface area contributed by atoms with Crippen molar-refractivity contribution in [2.75, 3.05) is 4.72 Å². The first-order chi connectivity index (χ1) is 8.41. The Kier molecular flexibility index (Phi) is 3.66. The molecule has 3 N–H and O–H groups in total. The lowest BCUT2D eigenvalue weighted by molar-refractivity contribution is 0.403. The van der Waals surface area contributed by atoms with Gasteiger partial charge in [0.2, 0.25) is 10.0 Å². The molecule has 1 aliphatic rings. The van der Waals surface area contributed by atoms with Crippen LogP contribution in [0.25, 0.3) is 0 Å². The topological polar surface area (TPSA) is 85.1 Å². The molecule has 0 saturated heterocycles. The molecule has 1 fully saturated rings. The van der Waals surface area contributed by atoms with Crippen LogP contribution in [-0.4, -0.2) is 18.7 Å². The molecule has 0 aliphatic heterocycles. The Bertz CT molecular complexity index is 516. The first kappa shape index (κ1) is 13.8. The number of hydrogen-bond donors (Lipinski definition) is 2. The standard InChI is InChI=1S/C11H19N3O2S2/c1-3-11(12,4-2)9-7-17-10(13-9)14-18(15,16)8-5-6-8/h7-8H,3-6,12H2,1-2H3,(H,13,14). The van der Waals surface area contributed by atoms with Crippen LogP contribution < -0.4 is 10.5 Å². The van der Waals surface area contributed by atoms with Gasteiger partial charge in [-0.3, -0.25) is 4.72 Å². The number of nitrogens with two attached hydrogens (primary N) is 1. The fraction of sp³-hybridized carbons (Fsp3) is 0.727. The largest absolute Gasteiger partial charge is 0.320 e. The average Bonchev–Trinajstić information content (AvgIpc) is 3.11. The minimum absolute atomic E-state index is 0.232. The maximum atomic E-state index is 11.8. The quantitative estimate of drug-likeness (QED) is 0.839. The molecule has 1 heterocycles. The number of nitrogens with one attached hydrogen (secondary N) is 1. The van der Waals surface area contributed by atoms with Crippen molar-refractivity contribution in [2.24, 2.45) is 5.73 Å². The minimum atomic E-state index is -3.23. The van der Waals surface area contributed by atoms with Gasteiger partial charge in [0.25, 0.3) is 0 Å². The first-order valence-electron chi connectivity index (χ1n) is 6.18. The molecule has 0 spiro atoms. The molecule has 1 aliphatic carbocycles. The smallest absolute Gasteiger partial charge is 0.237 e. The highest BCUT2D eigenvalue weighted by atomic mass is 32.2. The Labute approximate surface area is 112 Å². The van der Waals surface area contributed by atoms with E-state index in [1.165, 1.54) is 11.3 Å². The molecule has 0 bridgehead atoms. The zero-order valence-corrected chi connectivity index (χ0v) is 12.3. The maximum Gasteiger partial charge on any atom is 0.237 e. The number of hydrogen-bond acceptors (Lipinski definition) is 5. The second-order valence-electron chi connectivity index (χ2n) is 4.75.